The van der Waals surface area contributed by atoms with E-state index in [1.807, 2.05) is 62.4 Å². The van der Waals surface area contributed by atoms with Crippen LogP contribution in [0.3, 0.4) is 0 Å². The Bertz CT molecular complexity index is 666. The summed E-state index contributed by atoms with van der Waals surface area (Å²) in [5.74, 6) is 1.39. The molecule has 0 aliphatic carbocycles. The number of carbonyl (C=O) groups is 1. The molecule has 0 saturated heterocycles. The summed E-state index contributed by atoms with van der Waals surface area (Å²) in [6.45, 7) is 4.24. The molecule has 0 atom stereocenters. The van der Waals surface area contributed by atoms with Crippen LogP contribution in [0.15, 0.2) is 48.5 Å². The molecule has 0 radical (unpaired) electrons. The molecular weight excluding hydrogens is 290 g/mol. The van der Waals surface area contributed by atoms with E-state index < -0.39 is 5.41 Å². The topological polar surface area (TPSA) is 47.6 Å². The summed E-state index contributed by atoms with van der Waals surface area (Å²) in [6.07, 6.45) is 0. The lowest BCUT2D eigenvalue weighted by Gasteiger charge is -2.24. The number of benzene rings is 2. The summed E-state index contributed by atoms with van der Waals surface area (Å²) in [6, 6.07) is 15.3. The Kier molecular flexibility index (Phi) is 5.27. The van der Waals surface area contributed by atoms with Gasteiger partial charge in [0.2, 0.25) is 5.91 Å². The van der Waals surface area contributed by atoms with Gasteiger partial charge in [-0.2, -0.15) is 0 Å². The molecule has 122 valence electrons. The molecule has 0 fully saturated rings. The van der Waals surface area contributed by atoms with Gasteiger partial charge in [-0.25, -0.2) is 0 Å². The molecule has 0 spiro atoms. The molecule has 0 heterocycles. The Hall–Kier alpha value is -2.49. The molecule has 4 heteroatoms. The lowest BCUT2D eigenvalue weighted by atomic mass is 9.84. The number of rotatable bonds is 6. The van der Waals surface area contributed by atoms with Gasteiger partial charge in [-0.15, -0.1) is 0 Å². The maximum Gasteiger partial charge on any atom is 0.230 e. The van der Waals surface area contributed by atoms with Crippen molar-refractivity contribution in [2.24, 2.45) is 0 Å². The van der Waals surface area contributed by atoms with E-state index in [9.17, 15) is 4.79 Å². The molecule has 0 bridgehead atoms. The third-order valence-corrected chi connectivity index (χ3v) is 4.00. The fraction of sp³-hybridized carbons (Fsp3) is 0.316. The van der Waals surface area contributed by atoms with E-state index in [4.69, 9.17) is 9.47 Å². The van der Waals surface area contributed by atoms with Gasteiger partial charge in [-0.3, -0.25) is 4.79 Å². The maximum atomic E-state index is 12.6. The van der Waals surface area contributed by atoms with Gasteiger partial charge in [0, 0.05) is 18.2 Å². The highest BCUT2D eigenvalue weighted by atomic mass is 16.5. The number of methoxy groups -OCH3 is 2. The van der Waals surface area contributed by atoms with Crippen LogP contribution in [-0.2, 0) is 16.8 Å². The van der Waals surface area contributed by atoms with Crippen LogP contribution in [0.1, 0.15) is 25.0 Å². The van der Waals surface area contributed by atoms with Gasteiger partial charge in [0.05, 0.1) is 19.6 Å². The smallest absolute Gasteiger partial charge is 0.230 e. The Morgan fingerprint density at radius 3 is 2.35 bits per heavy atom. The standard InChI is InChI=1S/C19H23NO3/c1-19(2,15-8-6-5-7-9-15)18(21)20-13-14-10-11-16(22-3)12-17(14)23-4/h5-12H,13H2,1-4H3,(H,20,21). The van der Waals surface area contributed by atoms with Crippen molar-refractivity contribution in [3.8, 4) is 11.5 Å². The van der Waals surface area contributed by atoms with Gasteiger partial charge < -0.3 is 14.8 Å². The largest absolute Gasteiger partial charge is 0.497 e. The zero-order chi connectivity index (χ0) is 16.9. The Morgan fingerprint density at radius 1 is 1.04 bits per heavy atom. The van der Waals surface area contributed by atoms with Gasteiger partial charge in [0.25, 0.3) is 0 Å². The fourth-order valence-electron chi connectivity index (χ4n) is 2.38. The monoisotopic (exact) mass is 313 g/mol. The average Bonchev–Trinajstić information content (AvgIpc) is 2.60. The van der Waals surface area contributed by atoms with E-state index in [0.29, 0.717) is 12.3 Å². The normalized spacial score (nSPS) is 11.0. The van der Waals surface area contributed by atoms with Gasteiger partial charge in [0.1, 0.15) is 11.5 Å². The van der Waals surface area contributed by atoms with Gasteiger partial charge in [-0.1, -0.05) is 30.3 Å². The fourth-order valence-corrected chi connectivity index (χ4v) is 2.38. The lowest BCUT2D eigenvalue weighted by molar-refractivity contribution is -0.125. The number of ether oxygens (including phenoxy) is 2. The molecule has 1 amide bonds. The first-order valence-electron chi connectivity index (χ1n) is 7.53. The average molecular weight is 313 g/mol. The van der Waals surface area contributed by atoms with Crippen molar-refractivity contribution in [3.05, 3.63) is 59.7 Å². The van der Waals surface area contributed by atoms with E-state index in [0.717, 1.165) is 16.9 Å². The molecule has 0 aliphatic heterocycles. The van der Waals surface area contributed by atoms with Gasteiger partial charge in [0.15, 0.2) is 0 Å². The van der Waals surface area contributed by atoms with Crippen molar-refractivity contribution in [2.75, 3.05) is 14.2 Å². The van der Waals surface area contributed by atoms with Crippen LogP contribution in [-0.4, -0.2) is 20.1 Å². The molecule has 1 N–H and O–H groups in total. The zero-order valence-electron chi connectivity index (χ0n) is 14.1. The minimum absolute atomic E-state index is 0.0263. The second kappa shape index (κ2) is 7.18. The first-order chi connectivity index (χ1) is 11.0. The molecular formula is C19H23NO3. The highest BCUT2D eigenvalue weighted by molar-refractivity contribution is 5.87. The van der Waals surface area contributed by atoms with Crippen LogP contribution in [0.4, 0.5) is 0 Å². The summed E-state index contributed by atoms with van der Waals surface area (Å²) in [5.41, 5.74) is 1.30. The number of carbonyl (C=O) groups excluding carboxylic acids is 1. The van der Waals surface area contributed by atoms with Crippen LogP contribution in [0.5, 0.6) is 11.5 Å². The highest BCUT2D eigenvalue weighted by Gasteiger charge is 2.29. The van der Waals surface area contributed by atoms with Gasteiger partial charge >= 0.3 is 0 Å². The minimum Gasteiger partial charge on any atom is -0.497 e. The summed E-state index contributed by atoms with van der Waals surface area (Å²) < 4.78 is 10.5. The summed E-state index contributed by atoms with van der Waals surface area (Å²) >= 11 is 0. The molecule has 0 unspecified atom stereocenters. The molecule has 2 aromatic carbocycles. The summed E-state index contributed by atoms with van der Waals surface area (Å²) in [7, 11) is 3.21. The van der Waals surface area contributed by atoms with Crippen LogP contribution >= 0.6 is 0 Å². The summed E-state index contributed by atoms with van der Waals surface area (Å²) in [4.78, 5) is 12.6. The van der Waals surface area contributed by atoms with Crippen LogP contribution in [0.25, 0.3) is 0 Å². The first-order valence-corrected chi connectivity index (χ1v) is 7.53. The molecule has 0 aliphatic rings. The lowest BCUT2D eigenvalue weighted by Crippen LogP contribution is -2.39. The third kappa shape index (κ3) is 3.83. The number of nitrogens with one attached hydrogen (secondary N) is 1. The quantitative estimate of drug-likeness (QED) is 0.890. The van der Waals surface area contributed by atoms with Crippen LogP contribution in [0.2, 0.25) is 0 Å². The Labute approximate surface area is 137 Å². The van der Waals surface area contributed by atoms with E-state index >= 15 is 0 Å². The highest BCUT2D eigenvalue weighted by Crippen LogP contribution is 2.26. The van der Waals surface area contributed by atoms with Crippen molar-refractivity contribution in [3.63, 3.8) is 0 Å². The molecule has 2 rings (SSSR count). The Morgan fingerprint density at radius 2 is 1.74 bits per heavy atom. The number of hydrogen-bond acceptors (Lipinski definition) is 3. The Balaban J connectivity index is 2.10. The predicted molar refractivity (Wildman–Crippen MR) is 90.9 cm³/mol. The number of amides is 1. The van der Waals surface area contributed by atoms with Crippen molar-refractivity contribution in [1.82, 2.24) is 5.32 Å². The van der Waals surface area contributed by atoms with Crippen molar-refractivity contribution in [2.45, 2.75) is 25.8 Å². The third-order valence-electron chi connectivity index (χ3n) is 4.00. The van der Waals surface area contributed by atoms with E-state index in [1.54, 1.807) is 14.2 Å². The van der Waals surface area contributed by atoms with Crippen molar-refractivity contribution < 1.29 is 14.3 Å². The molecule has 0 aromatic heterocycles. The van der Waals surface area contributed by atoms with E-state index in [-0.39, 0.29) is 5.91 Å². The van der Waals surface area contributed by atoms with Crippen molar-refractivity contribution >= 4 is 5.91 Å². The number of hydrogen-bond donors (Lipinski definition) is 1. The predicted octanol–water partition coefficient (Wildman–Crippen LogP) is 3.30. The molecule has 2 aromatic rings. The van der Waals surface area contributed by atoms with E-state index in [2.05, 4.69) is 5.32 Å². The van der Waals surface area contributed by atoms with Crippen molar-refractivity contribution in [1.29, 1.82) is 0 Å². The summed E-state index contributed by atoms with van der Waals surface area (Å²) in [5, 5.41) is 2.99. The van der Waals surface area contributed by atoms with Crippen LogP contribution in [0, 0.1) is 0 Å². The molecule has 23 heavy (non-hydrogen) atoms. The van der Waals surface area contributed by atoms with Crippen LogP contribution < -0.4 is 14.8 Å². The van der Waals surface area contributed by atoms with Gasteiger partial charge in [-0.05, 0) is 31.5 Å². The minimum atomic E-state index is -0.596. The second-order valence-corrected chi connectivity index (χ2v) is 5.85. The maximum absolute atomic E-state index is 12.6. The SMILES string of the molecule is COc1ccc(CNC(=O)C(C)(C)c2ccccc2)c(OC)c1. The van der Waals surface area contributed by atoms with E-state index in [1.165, 1.54) is 0 Å². The first kappa shape index (κ1) is 16.9. The molecule has 4 nitrogen and oxygen atoms in total. The second-order valence-electron chi connectivity index (χ2n) is 5.85. The molecule has 0 saturated carbocycles. The zero-order valence-corrected chi connectivity index (χ0v) is 14.1.